The van der Waals surface area contributed by atoms with Crippen LogP contribution in [0.4, 0.5) is 10.8 Å². The number of nitrogens with one attached hydrogen (secondary N) is 1. The average Bonchev–Trinajstić information content (AvgIpc) is 2.69. The fourth-order valence-electron chi connectivity index (χ4n) is 1.15. The maximum absolute atomic E-state index is 5.46. The summed E-state index contributed by atoms with van der Waals surface area (Å²) in [6, 6.07) is 8.12. The Balaban J connectivity index is 2.11. The van der Waals surface area contributed by atoms with Crippen molar-refractivity contribution in [2.75, 3.05) is 5.32 Å². The molecule has 0 amide bonds. The number of aryl methyl sites for hydroxylation is 1. The number of anilines is 2. The number of nitrogens with two attached hydrogens (primary N) is 1. The molecule has 0 fully saturated rings. The number of nitrogens with zero attached hydrogens (tertiary/aromatic N) is 2. The molecule has 4 nitrogen and oxygen atoms in total. The van der Waals surface area contributed by atoms with E-state index in [1.807, 2.05) is 24.3 Å². The lowest BCUT2D eigenvalue weighted by atomic mass is 10.2. The van der Waals surface area contributed by atoms with Crippen LogP contribution in [0.1, 0.15) is 10.6 Å². The molecule has 0 bridgehead atoms. The van der Waals surface area contributed by atoms with Gasteiger partial charge in [0.15, 0.2) is 0 Å². The summed E-state index contributed by atoms with van der Waals surface area (Å²) in [6.07, 6.45) is 0. The standard InChI is InChI=1S/C10H12N4S/c1-7-2-4-8(5-3-7)12-10-14-13-9(6-11)15-10/h2-5H,6,11H2,1H3,(H,12,14). The van der Waals surface area contributed by atoms with Crippen molar-refractivity contribution in [3.05, 3.63) is 34.8 Å². The molecule has 78 valence electrons. The number of benzene rings is 1. The molecule has 3 N–H and O–H groups in total. The van der Waals surface area contributed by atoms with E-state index in [-0.39, 0.29) is 0 Å². The van der Waals surface area contributed by atoms with Crippen molar-refractivity contribution in [1.82, 2.24) is 10.2 Å². The first kappa shape index (κ1) is 10.1. The lowest BCUT2D eigenvalue weighted by Crippen LogP contribution is -1.94. The molecule has 1 heterocycles. The molecule has 0 saturated carbocycles. The quantitative estimate of drug-likeness (QED) is 0.831. The molecule has 0 atom stereocenters. The molecule has 5 heteroatoms. The Morgan fingerprint density at radius 1 is 1.27 bits per heavy atom. The molecule has 15 heavy (non-hydrogen) atoms. The van der Waals surface area contributed by atoms with Crippen LogP contribution >= 0.6 is 11.3 Å². The molecule has 0 aliphatic carbocycles. The summed E-state index contributed by atoms with van der Waals surface area (Å²) in [5.74, 6) is 0. The molecule has 0 radical (unpaired) electrons. The van der Waals surface area contributed by atoms with Gasteiger partial charge < -0.3 is 11.1 Å². The van der Waals surface area contributed by atoms with Crippen molar-refractivity contribution in [2.45, 2.75) is 13.5 Å². The zero-order valence-corrected chi connectivity index (χ0v) is 9.21. The van der Waals surface area contributed by atoms with E-state index in [0.29, 0.717) is 6.54 Å². The Labute approximate surface area is 92.2 Å². The normalized spacial score (nSPS) is 10.3. The summed E-state index contributed by atoms with van der Waals surface area (Å²) in [7, 11) is 0. The fraction of sp³-hybridized carbons (Fsp3) is 0.200. The summed E-state index contributed by atoms with van der Waals surface area (Å²) in [6.45, 7) is 2.49. The minimum absolute atomic E-state index is 0.438. The van der Waals surface area contributed by atoms with E-state index in [0.717, 1.165) is 15.8 Å². The molecule has 2 rings (SSSR count). The van der Waals surface area contributed by atoms with Crippen LogP contribution in [0.15, 0.2) is 24.3 Å². The Morgan fingerprint density at radius 2 is 2.00 bits per heavy atom. The first-order valence-corrected chi connectivity index (χ1v) is 5.46. The zero-order chi connectivity index (χ0) is 10.7. The molecule has 0 unspecified atom stereocenters. The van der Waals surface area contributed by atoms with Gasteiger partial charge in [-0.1, -0.05) is 29.0 Å². The molecule has 0 aliphatic heterocycles. The van der Waals surface area contributed by atoms with Gasteiger partial charge in [0.2, 0.25) is 5.13 Å². The molecule has 2 aromatic rings. The monoisotopic (exact) mass is 220 g/mol. The second kappa shape index (κ2) is 4.37. The topological polar surface area (TPSA) is 63.8 Å². The van der Waals surface area contributed by atoms with E-state index >= 15 is 0 Å². The van der Waals surface area contributed by atoms with Crippen molar-refractivity contribution in [3.63, 3.8) is 0 Å². The third kappa shape index (κ3) is 2.51. The molecular weight excluding hydrogens is 208 g/mol. The van der Waals surface area contributed by atoms with Crippen LogP contribution in [0, 0.1) is 6.92 Å². The Morgan fingerprint density at radius 3 is 2.60 bits per heavy atom. The molecule has 1 aromatic heterocycles. The maximum atomic E-state index is 5.46. The highest BCUT2D eigenvalue weighted by molar-refractivity contribution is 7.15. The highest BCUT2D eigenvalue weighted by Gasteiger charge is 2.01. The first-order chi connectivity index (χ1) is 7.28. The Bertz CT molecular complexity index is 435. The highest BCUT2D eigenvalue weighted by atomic mass is 32.1. The summed E-state index contributed by atoms with van der Waals surface area (Å²) < 4.78 is 0. The van der Waals surface area contributed by atoms with Crippen molar-refractivity contribution >= 4 is 22.2 Å². The van der Waals surface area contributed by atoms with Gasteiger partial charge in [0.05, 0.1) is 0 Å². The van der Waals surface area contributed by atoms with Gasteiger partial charge >= 0.3 is 0 Å². The Kier molecular flexibility index (Phi) is 2.94. The van der Waals surface area contributed by atoms with E-state index in [1.54, 1.807) is 0 Å². The van der Waals surface area contributed by atoms with Gasteiger partial charge in [-0.25, -0.2) is 0 Å². The SMILES string of the molecule is Cc1ccc(Nc2nnc(CN)s2)cc1. The van der Waals surface area contributed by atoms with Crippen molar-refractivity contribution < 1.29 is 0 Å². The first-order valence-electron chi connectivity index (χ1n) is 4.64. The molecule has 1 aromatic carbocycles. The molecule has 0 saturated heterocycles. The van der Waals surface area contributed by atoms with Crippen molar-refractivity contribution in [3.8, 4) is 0 Å². The summed E-state index contributed by atoms with van der Waals surface area (Å²) in [5.41, 5.74) is 7.71. The third-order valence-electron chi connectivity index (χ3n) is 1.94. The van der Waals surface area contributed by atoms with Gasteiger partial charge in [-0.3, -0.25) is 0 Å². The number of rotatable bonds is 3. The van der Waals surface area contributed by atoms with Gasteiger partial charge in [-0.05, 0) is 19.1 Å². The third-order valence-corrected chi connectivity index (χ3v) is 2.81. The second-order valence-corrected chi connectivity index (χ2v) is 4.26. The lowest BCUT2D eigenvalue weighted by molar-refractivity contribution is 0.960. The van der Waals surface area contributed by atoms with E-state index < -0.39 is 0 Å². The molecular formula is C10H12N4S. The predicted molar refractivity (Wildman–Crippen MR) is 62.3 cm³/mol. The largest absolute Gasteiger partial charge is 0.330 e. The number of hydrogen-bond acceptors (Lipinski definition) is 5. The van der Waals surface area contributed by atoms with Gasteiger partial charge in [-0.15, -0.1) is 10.2 Å². The van der Waals surface area contributed by atoms with E-state index in [4.69, 9.17) is 5.73 Å². The summed E-state index contributed by atoms with van der Waals surface area (Å²) in [5, 5.41) is 12.7. The minimum atomic E-state index is 0.438. The highest BCUT2D eigenvalue weighted by Crippen LogP contribution is 2.20. The minimum Gasteiger partial charge on any atom is -0.330 e. The summed E-state index contributed by atoms with van der Waals surface area (Å²) >= 11 is 1.47. The van der Waals surface area contributed by atoms with Gasteiger partial charge in [0, 0.05) is 12.2 Å². The van der Waals surface area contributed by atoms with Gasteiger partial charge in [-0.2, -0.15) is 0 Å². The molecule has 0 spiro atoms. The predicted octanol–water partition coefficient (Wildman–Crippen LogP) is 2.05. The Hall–Kier alpha value is -1.46. The van der Waals surface area contributed by atoms with Gasteiger partial charge in [0.1, 0.15) is 5.01 Å². The second-order valence-electron chi connectivity index (χ2n) is 3.20. The summed E-state index contributed by atoms with van der Waals surface area (Å²) in [4.78, 5) is 0. The maximum Gasteiger partial charge on any atom is 0.210 e. The van der Waals surface area contributed by atoms with Crippen LogP contribution in [-0.4, -0.2) is 10.2 Å². The van der Waals surface area contributed by atoms with Gasteiger partial charge in [0.25, 0.3) is 0 Å². The average molecular weight is 220 g/mol. The van der Waals surface area contributed by atoms with Crippen molar-refractivity contribution in [2.24, 2.45) is 5.73 Å². The fourth-order valence-corrected chi connectivity index (χ4v) is 1.79. The van der Waals surface area contributed by atoms with E-state index in [2.05, 4.69) is 22.4 Å². The lowest BCUT2D eigenvalue weighted by Gasteiger charge is -2.01. The zero-order valence-electron chi connectivity index (χ0n) is 8.40. The number of hydrogen-bond donors (Lipinski definition) is 2. The smallest absolute Gasteiger partial charge is 0.210 e. The van der Waals surface area contributed by atoms with Crippen LogP contribution in [0.25, 0.3) is 0 Å². The van der Waals surface area contributed by atoms with Crippen LogP contribution in [-0.2, 0) is 6.54 Å². The number of aromatic nitrogens is 2. The van der Waals surface area contributed by atoms with E-state index in [1.165, 1.54) is 16.9 Å². The van der Waals surface area contributed by atoms with Crippen LogP contribution in [0.5, 0.6) is 0 Å². The molecule has 0 aliphatic rings. The van der Waals surface area contributed by atoms with Crippen LogP contribution < -0.4 is 11.1 Å². The van der Waals surface area contributed by atoms with E-state index in [9.17, 15) is 0 Å². The van der Waals surface area contributed by atoms with Crippen LogP contribution in [0.2, 0.25) is 0 Å². The van der Waals surface area contributed by atoms with Crippen molar-refractivity contribution in [1.29, 1.82) is 0 Å². The van der Waals surface area contributed by atoms with Crippen LogP contribution in [0.3, 0.4) is 0 Å².